The topological polar surface area (TPSA) is 320 Å². The lowest BCUT2D eigenvalue weighted by Gasteiger charge is -2.23. The Morgan fingerprint density at radius 3 is 2.29 bits per heavy atom. The molecule has 0 saturated heterocycles. The molecule has 28 heteroatoms. The van der Waals surface area contributed by atoms with E-state index in [0.29, 0.717) is 91.7 Å². The average Bonchev–Trinajstić information content (AvgIpc) is 4.35. The molecule has 7 aromatic heterocycles. The van der Waals surface area contributed by atoms with E-state index >= 15 is 0 Å². The highest BCUT2D eigenvalue weighted by molar-refractivity contribution is 7.19. The van der Waals surface area contributed by atoms with Crippen LogP contribution in [0.4, 0.5) is 5.82 Å². The van der Waals surface area contributed by atoms with Gasteiger partial charge in [-0.2, -0.15) is 0 Å². The molecule has 79 heavy (non-hydrogen) atoms. The first-order valence-electron chi connectivity index (χ1n) is 24.5. The third-order valence-electron chi connectivity index (χ3n) is 12.1. The molecule has 0 unspecified atom stereocenters. The third-order valence-corrected chi connectivity index (χ3v) is 18.0. The van der Waals surface area contributed by atoms with Crippen LogP contribution in [0.3, 0.4) is 0 Å². The molecular formula is C51H52N14O8S6. The molecule has 0 aliphatic carbocycles. The lowest BCUT2D eigenvalue weighted by Crippen LogP contribution is -2.40. The number of hydrogen-bond acceptors (Lipinski definition) is 22. The minimum absolute atomic E-state index is 0.00461. The summed E-state index contributed by atoms with van der Waals surface area (Å²) < 4.78 is 5.44. The number of pyridine rings is 1. The van der Waals surface area contributed by atoms with E-state index in [1.807, 2.05) is 19.9 Å². The highest BCUT2D eigenvalue weighted by atomic mass is 32.1. The minimum atomic E-state index is -1.26. The number of rotatable bonds is 12. The molecule has 1 aliphatic rings. The number of ether oxygens (including phenoxy) is 1. The number of nitrogens with two attached hydrogens (primary N) is 1. The number of anilines is 1. The van der Waals surface area contributed by atoms with Gasteiger partial charge in [-0.15, -0.1) is 68.0 Å². The van der Waals surface area contributed by atoms with E-state index in [2.05, 4.69) is 46.9 Å². The van der Waals surface area contributed by atoms with Crippen molar-refractivity contribution in [2.45, 2.75) is 70.9 Å². The first-order chi connectivity index (χ1) is 38.1. The number of nitrogens with zero attached hydrogens (tertiary/aromatic N) is 7. The summed E-state index contributed by atoms with van der Waals surface area (Å²) in [6, 6.07) is 9.63. The summed E-state index contributed by atoms with van der Waals surface area (Å²) in [4.78, 5) is 117. The van der Waals surface area contributed by atoms with Crippen LogP contribution >= 0.6 is 68.0 Å². The largest absolute Gasteiger partial charge is 0.386 e. The molecule has 4 atom stereocenters. The first kappa shape index (κ1) is 56.6. The number of benzene rings is 1. The van der Waals surface area contributed by atoms with Gasteiger partial charge in [0.1, 0.15) is 70.8 Å². The van der Waals surface area contributed by atoms with E-state index in [4.69, 9.17) is 30.4 Å². The van der Waals surface area contributed by atoms with Crippen molar-refractivity contribution in [2.75, 3.05) is 32.6 Å². The third kappa shape index (κ3) is 13.1. The summed E-state index contributed by atoms with van der Waals surface area (Å²) in [5, 5.41) is 36.4. The fourth-order valence-electron chi connectivity index (χ4n) is 8.10. The molecule has 0 radical (unpaired) electrons. The average molecular weight is 1180 g/mol. The zero-order chi connectivity index (χ0) is 55.9. The molecule has 6 amide bonds. The van der Waals surface area contributed by atoms with Crippen LogP contribution in [0, 0.1) is 12.8 Å². The van der Waals surface area contributed by atoms with E-state index in [1.165, 1.54) is 70.8 Å². The summed E-state index contributed by atoms with van der Waals surface area (Å²) in [7, 11) is 2.95. The van der Waals surface area contributed by atoms with Crippen molar-refractivity contribution in [2.24, 2.45) is 11.7 Å². The lowest BCUT2D eigenvalue weighted by molar-refractivity contribution is -0.122. The van der Waals surface area contributed by atoms with Gasteiger partial charge < -0.3 is 47.5 Å². The van der Waals surface area contributed by atoms with Crippen molar-refractivity contribution in [3.63, 3.8) is 0 Å². The summed E-state index contributed by atoms with van der Waals surface area (Å²) >= 11 is 7.28. The number of thiazole rings is 6. The number of aliphatic hydroxyl groups is 1. The zero-order valence-corrected chi connectivity index (χ0v) is 47.8. The van der Waals surface area contributed by atoms with Gasteiger partial charge in [0.2, 0.25) is 17.7 Å². The Morgan fingerprint density at radius 1 is 0.759 bits per heavy atom. The van der Waals surface area contributed by atoms with Gasteiger partial charge in [-0.3, -0.25) is 28.8 Å². The summed E-state index contributed by atoms with van der Waals surface area (Å²) in [5.41, 5.74) is 8.16. The maximum atomic E-state index is 14.2. The molecule has 9 rings (SSSR count). The second-order valence-corrected chi connectivity index (χ2v) is 24.1. The van der Waals surface area contributed by atoms with Gasteiger partial charge in [0, 0.05) is 53.4 Å². The highest BCUT2D eigenvalue weighted by Crippen LogP contribution is 2.41. The number of nitrogens with one attached hydrogen (secondary N) is 6. The van der Waals surface area contributed by atoms with E-state index in [1.54, 1.807) is 65.7 Å². The number of fused-ring (bicyclic) bond motifs is 14. The quantitative estimate of drug-likeness (QED) is 0.0611. The smallest absolute Gasteiger partial charge is 0.271 e. The predicted octanol–water partition coefficient (Wildman–Crippen LogP) is 6.99. The van der Waals surface area contributed by atoms with Crippen molar-refractivity contribution < 1.29 is 38.6 Å². The van der Waals surface area contributed by atoms with Crippen molar-refractivity contribution in [1.82, 2.24) is 61.5 Å². The van der Waals surface area contributed by atoms with Gasteiger partial charge in [0.15, 0.2) is 0 Å². The van der Waals surface area contributed by atoms with Gasteiger partial charge in [0.05, 0.1) is 52.8 Å². The van der Waals surface area contributed by atoms with Crippen LogP contribution in [0.2, 0.25) is 0 Å². The number of aryl methyl sites for hydroxylation is 1. The molecule has 410 valence electrons. The number of hydrogen-bond donors (Lipinski definition) is 8. The molecule has 22 nitrogen and oxygen atoms in total. The summed E-state index contributed by atoms with van der Waals surface area (Å²) in [6.45, 7) is 5.37. The van der Waals surface area contributed by atoms with Crippen molar-refractivity contribution in [1.29, 1.82) is 0 Å². The van der Waals surface area contributed by atoms with Crippen LogP contribution in [0.1, 0.15) is 119 Å². The van der Waals surface area contributed by atoms with Crippen LogP contribution in [0.15, 0.2) is 64.8 Å². The number of aromatic nitrogens is 7. The molecule has 9 N–H and O–H groups in total. The predicted molar refractivity (Wildman–Crippen MR) is 304 cm³/mol. The van der Waals surface area contributed by atoms with Crippen molar-refractivity contribution in [3.05, 3.63) is 112 Å². The van der Waals surface area contributed by atoms with Crippen LogP contribution < -0.4 is 37.6 Å². The normalized spacial score (nSPS) is 16.6. The summed E-state index contributed by atoms with van der Waals surface area (Å²) in [6.07, 6.45) is 0.940. The molecule has 10 bridgehead atoms. The van der Waals surface area contributed by atoms with Gasteiger partial charge >= 0.3 is 0 Å². The van der Waals surface area contributed by atoms with Gasteiger partial charge in [0.25, 0.3) is 17.7 Å². The molecule has 0 spiro atoms. The number of carbonyl (C=O) groups is 6. The molecule has 1 aromatic carbocycles. The molecule has 0 fully saturated rings. The van der Waals surface area contributed by atoms with Gasteiger partial charge in [-0.1, -0.05) is 44.2 Å². The minimum Gasteiger partial charge on any atom is -0.386 e. The van der Waals surface area contributed by atoms with Crippen molar-refractivity contribution in [3.8, 4) is 42.5 Å². The van der Waals surface area contributed by atoms with E-state index < -0.39 is 54.4 Å². The lowest BCUT2D eigenvalue weighted by atomic mass is 10.0. The Morgan fingerprint density at radius 2 is 1.53 bits per heavy atom. The zero-order valence-electron chi connectivity index (χ0n) is 42.9. The van der Waals surface area contributed by atoms with Gasteiger partial charge in [-0.05, 0) is 43.5 Å². The van der Waals surface area contributed by atoms with Crippen LogP contribution in [0.5, 0.6) is 0 Å². The maximum absolute atomic E-state index is 14.2. The number of amides is 6. The Hall–Kier alpha value is -7.15. The van der Waals surface area contributed by atoms with E-state index in [0.717, 1.165) is 11.3 Å². The van der Waals surface area contributed by atoms with E-state index in [-0.39, 0.29) is 54.3 Å². The Bertz CT molecular complexity index is 3530. The molecule has 0 saturated carbocycles. The second-order valence-electron chi connectivity index (χ2n) is 18.1. The van der Waals surface area contributed by atoms with Gasteiger partial charge in [-0.25, -0.2) is 34.9 Å². The van der Waals surface area contributed by atoms with Crippen LogP contribution in [0.25, 0.3) is 42.5 Å². The van der Waals surface area contributed by atoms with E-state index in [9.17, 15) is 33.9 Å². The maximum Gasteiger partial charge on any atom is 0.271 e. The van der Waals surface area contributed by atoms with Crippen molar-refractivity contribution >= 4 is 109 Å². The standard InChI is InChI=1S/C51H52N14O8S6/c1-23(2)37-51-65-40(32(79-51)19-73-5)44(71)54-18-36(68)62-41(42(69)25-10-7-6-8-11-25)50-59-30(21-75-50)47-55-17-31(78-47)39-26(13-14-27(56-39)48-61-33(22-76-48)60-34(66)12-9-15-52)46-58-29(20-74-46)43(70)57-28(16-35(67)53-4)49-64-38(24(3)77-49)45(72)63-37/h6-8,10-11,13-14,17,20-23,28,37,41-42,69H,9,12,15-16,18-19,52H2,1-5H3,(H,53,67)(H,54,71)(H,57,70)(H,60,66)(H,62,68)(H,63,72)/t28-,37-,41-,42-/m0/s1. The first-order valence-corrected chi connectivity index (χ1v) is 29.6. The number of carbonyl (C=O) groups excluding carboxylic acids is 6. The van der Waals surface area contributed by atoms with Crippen LogP contribution in [-0.4, -0.2) is 103 Å². The molecule has 8 aromatic rings. The number of aliphatic hydroxyl groups excluding tert-OH is 1. The summed E-state index contributed by atoms with van der Waals surface area (Å²) in [5.74, 6) is -2.92. The number of methoxy groups -OCH3 is 1. The second kappa shape index (κ2) is 25.3. The Kier molecular flexibility index (Phi) is 18.1. The van der Waals surface area contributed by atoms with Crippen LogP contribution in [-0.2, 0) is 25.7 Å². The molecular weight excluding hydrogens is 1130 g/mol. The molecule has 8 heterocycles. The Balaban J connectivity index is 1.13. The Labute approximate surface area is 476 Å². The fourth-order valence-corrected chi connectivity index (χ4v) is 13.7. The highest BCUT2D eigenvalue weighted by Gasteiger charge is 2.33. The monoisotopic (exact) mass is 1180 g/mol. The molecule has 1 aliphatic heterocycles. The SMILES string of the molecule is CNC(=O)C[C@@H]1NC(=O)c2csc(n2)-c2ccc(-c3nc(NC(=O)CCCN)cs3)nc2-c2cnc(s2)-c2csc(n2)[C@H]([C@@H](O)c2ccccc2)NC(=O)CNC(=O)c2nc(sc2COC)[C@H](C(C)C)NC(=O)c2nc1sc2C. The fraction of sp³-hybridized carbons (Fsp3) is 0.314.